The van der Waals surface area contributed by atoms with Gasteiger partial charge in [0.15, 0.2) is 0 Å². The van der Waals surface area contributed by atoms with Gasteiger partial charge in [0.1, 0.15) is 5.76 Å². The van der Waals surface area contributed by atoms with E-state index in [0.717, 1.165) is 11.5 Å². The molecule has 0 amide bonds. The van der Waals surface area contributed by atoms with Gasteiger partial charge in [-0.15, -0.1) is 0 Å². The number of aryl methyl sites for hydroxylation is 1. The maximum absolute atomic E-state index is 10.9. The molecule has 0 spiro atoms. The van der Waals surface area contributed by atoms with Gasteiger partial charge < -0.3 is 14.6 Å². The van der Waals surface area contributed by atoms with E-state index in [-0.39, 0.29) is 5.97 Å². The lowest BCUT2D eigenvalue weighted by Crippen LogP contribution is -2.13. The molecule has 0 atom stereocenters. The lowest BCUT2D eigenvalue weighted by atomic mass is 10.4. The molecule has 1 N–H and O–H groups in total. The zero-order valence-corrected chi connectivity index (χ0v) is 9.53. The van der Waals surface area contributed by atoms with Crippen molar-refractivity contribution in [2.75, 3.05) is 13.2 Å². The van der Waals surface area contributed by atoms with Crippen LogP contribution in [0, 0.1) is 6.92 Å². The standard InChI is InChI=1S/C11H16N2O3/c1-3-15-11(14)5-4-6-12-8-10-7-9(2)16-13-10/h4-5,7,12H,3,6,8H2,1-2H3/b5-4+. The fraction of sp³-hybridized carbons (Fsp3) is 0.455. The Balaban J connectivity index is 2.14. The summed E-state index contributed by atoms with van der Waals surface area (Å²) in [6, 6.07) is 1.86. The van der Waals surface area contributed by atoms with Crippen molar-refractivity contribution in [3.05, 3.63) is 29.7 Å². The highest BCUT2D eigenvalue weighted by Gasteiger charge is 1.98. The van der Waals surface area contributed by atoms with Crippen molar-refractivity contribution in [1.82, 2.24) is 10.5 Å². The molecule has 88 valence electrons. The average Bonchev–Trinajstić information content (AvgIpc) is 2.64. The fourth-order valence-corrected chi connectivity index (χ4v) is 1.13. The second-order valence-electron chi connectivity index (χ2n) is 3.21. The van der Waals surface area contributed by atoms with E-state index in [1.165, 1.54) is 6.08 Å². The molecule has 0 saturated carbocycles. The van der Waals surface area contributed by atoms with Crippen LogP contribution in [0.5, 0.6) is 0 Å². The van der Waals surface area contributed by atoms with Gasteiger partial charge in [0.05, 0.1) is 12.3 Å². The molecule has 16 heavy (non-hydrogen) atoms. The van der Waals surface area contributed by atoms with E-state index in [9.17, 15) is 4.79 Å². The van der Waals surface area contributed by atoms with Crippen molar-refractivity contribution in [3.63, 3.8) is 0 Å². The summed E-state index contributed by atoms with van der Waals surface area (Å²) in [5.41, 5.74) is 0.849. The largest absolute Gasteiger partial charge is 0.463 e. The minimum absolute atomic E-state index is 0.318. The first-order valence-electron chi connectivity index (χ1n) is 5.18. The average molecular weight is 224 g/mol. The number of hydrogen-bond donors (Lipinski definition) is 1. The normalized spacial score (nSPS) is 10.9. The molecule has 1 aromatic heterocycles. The molecule has 0 aliphatic carbocycles. The highest BCUT2D eigenvalue weighted by atomic mass is 16.5. The van der Waals surface area contributed by atoms with Gasteiger partial charge in [-0.2, -0.15) is 0 Å². The Morgan fingerprint density at radius 3 is 3.12 bits per heavy atom. The monoisotopic (exact) mass is 224 g/mol. The molecule has 0 radical (unpaired) electrons. The van der Waals surface area contributed by atoms with E-state index in [4.69, 9.17) is 9.26 Å². The number of aromatic nitrogens is 1. The van der Waals surface area contributed by atoms with Crippen LogP contribution in [0.25, 0.3) is 0 Å². The van der Waals surface area contributed by atoms with Crippen LogP contribution in [0.3, 0.4) is 0 Å². The van der Waals surface area contributed by atoms with E-state index in [2.05, 4.69) is 10.5 Å². The molecule has 0 aliphatic heterocycles. The van der Waals surface area contributed by atoms with Gasteiger partial charge in [-0.1, -0.05) is 11.2 Å². The smallest absolute Gasteiger partial charge is 0.330 e. The Bertz CT molecular complexity index is 358. The minimum atomic E-state index is -0.318. The topological polar surface area (TPSA) is 64.4 Å². The Kier molecular flexibility index (Phi) is 5.28. The molecular weight excluding hydrogens is 208 g/mol. The van der Waals surface area contributed by atoms with Crippen molar-refractivity contribution >= 4 is 5.97 Å². The van der Waals surface area contributed by atoms with Crippen LogP contribution >= 0.6 is 0 Å². The van der Waals surface area contributed by atoms with Crippen LogP contribution in [0.15, 0.2) is 22.7 Å². The van der Waals surface area contributed by atoms with E-state index in [1.54, 1.807) is 13.0 Å². The summed E-state index contributed by atoms with van der Waals surface area (Å²) in [5.74, 6) is 0.473. The molecule has 0 bridgehead atoms. The first-order chi connectivity index (χ1) is 7.72. The third-order valence-electron chi connectivity index (χ3n) is 1.79. The number of carbonyl (C=O) groups excluding carboxylic acids is 1. The number of carbonyl (C=O) groups is 1. The molecular formula is C11H16N2O3. The summed E-state index contributed by atoms with van der Waals surface area (Å²) in [6.07, 6.45) is 3.12. The summed E-state index contributed by atoms with van der Waals surface area (Å²) >= 11 is 0. The van der Waals surface area contributed by atoms with E-state index >= 15 is 0 Å². The van der Waals surface area contributed by atoms with Crippen molar-refractivity contribution in [1.29, 1.82) is 0 Å². The summed E-state index contributed by atoms with van der Waals surface area (Å²) in [4.78, 5) is 10.9. The van der Waals surface area contributed by atoms with E-state index in [0.29, 0.717) is 19.7 Å². The molecule has 0 saturated heterocycles. The van der Waals surface area contributed by atoms with Crippen LogP contribution in [-0.4, -0.2) is 24.3 Å². The Morgan fingerprint density at radius 1 is 1.69 bits per heavy atom. The Morgan fingerprint density at radius 2 is 2.50 bits per heavy atom. The highest BCUT2D eigenvalue weighted by Crippen LogP contribution is 2.00. The summed E-state index contributed by atoms with van der Waals surface area (Å²) in [7, 11) is 0. The molecule has 0 aromatic carbocycles. The number of ether oxygens (including phenoxy) is 1. The molecule has 5 nitrogen and oxygen atoms in total. The zero-order chi connectivity index (χ0) is 11.8. The molecule has 0 aliphatic rings. The number of esters is 1. The quantitative estimate of drug-likeness (QED) is 0.446. The maximum atomic E-state index is 10.9. The molecule has 1 aromatic rings. The van der Waals surface area contributed by atoms with Crippen LogP contribution < -0.4 is 5.32 Å². The lowest BCUT2D eigenvalue weighted by Gasteiger charge is -1.97. The van der Waals surface area contributed by atoms with Gasteiger partial charge in [0, 0.05) is 25.2 Å². The molecule has 1 rings (SSSR count). The SMILES string of the molecule is CCOC(=O)/C=C/CNCc1cc(C)on1. The summed E-state index contributed by atoms with van der Waals surface area (Å²) in [6.45, 7) is 5.22. The predicted octanol–water partition coefficient (Wildman–Crippen LogP) is 1.19. The van der Waals surface area contributed by atoms with Gasteiger partial charge in [0.25, 0.3) is 0 Å². The second kappa shape index (κ2) is 6.79. The third-order valence-corrected chi connectivity index (χ3v) is 1.79. The number of nitrogens with zero attached hydrogens (tertiary/aromatic N) is 1. The van der Waals surface area contributed by atoms with Crippen molar-refractivity contribution in [2.45, 2.75) is 20.4 Å². The van der Waals surface area contributed by atoms with Gasteiger partial charge in [-0.3, -0.25) is 0 Å². The van der Waals surface area contributed by atoms with E-state index < -0.39 is 0 Å². The minimum Gasteiger partial charge on any atom is -0.463 e. The van der Waals surface area contributed by atoms with Crippen LogP contribution in [0.1, 0.15) is 18.4 Å². The molecule has 1 heterocycles. The zero-order valence-electron chi connectivity index (χ0n) is 9.53. The van der Waals surface area contributed by atoms with Crippen molar-refractivity contribution < 1.29 is 14.1 Å². The first kappa shape index (κ1) is 12.4. The van der Waals surface area contributed by atoms with Gasteiger partial charge in [0.2, 0.25) is 0 Å². The van der Waals surface area contributed by atoms with Gasteiger partial charge in [-0.25, -0.2) is 4.79 Å². The van der Waals surface area contributed by atoms with Crippen LogP contribution in [0.2, 0.25) is 0 Å². The molecule has 0 fully saturated rings. The van der Waals surface area contributed by atoms with Crippen LogP contribution in [0.4, 0.5) is 0 Å². The molecule has 5 heteroatoms. The number of nitrogens with one attached hydrogen (secondary N) is 1. The van der Waals surface area contributed by atoms with Gasteiger partial charge >= 0.3 is 5.97 Å². The van der Waals surface area contributed by atoms with E-state index in [1.807, 2.05) is 13.0 Å². The fourth-order valence-electron chi connectivity index (χ4n) is 1.13. The Hall–Kier alpha value is -1.62. The second-order valence-corrected chi connectivity index (χ2v) is 3.21. The van der Waals surface area contributed by atoms with Gasteiger partial charge in [-0.05, 0) is 13.8 Å². The van der Waals surface area contributed by atoms with Crippen molar-refractivity contribution in [2.24, 2.45) is 0 Å². The number of rotatable bonds is 6. The first-order valence-corrected chi connectivity index (χ1v) is 5.18. The maximum Gasteiger partial charge on any atom is 0.330 e. The molecule has 0 unspecified atom stereocenters. The number of hydrogen-bond acceptors (Lipinski definition) is 5. The third kappa shape index (κ3) is 4.75. The summed E-state index contributed by atoms with van der Waals surface area (Å²) in [5, 5.41) is 6.92. The lowest BCUT2D eigenvalue weighted by molar-refractivity contribution is -0.137. The van der Waals surface area contributed by atoms with Crippen molar-refractivity contribution in [3.8, 4) is 0 Å². The predicted molar refractivity (Wildman–Crippen MR) is 58.7 cm³/mol. The summed E-state index contributed by atoms with van der Waals surface area (Å²) < 4.78 is 9.64. The van der Waals surface area contributed by atoms with Crippen LogP contribution in [-0.2, 0) is 16.1 Å². The Labute approximate surface area is 94.5 Å². The highest BCUT2D eigenvalue weighted by molar-refractivity contribution is 5.81.